The maximum Gasteiger partial charge on any atom is 0.288 e. The van der Waals surface area contributed by atoms with Gasteiger partial charge in [-0.3, -0.25) is 19.7 Å². The number of hydrogen-bond donors (Lipinski definition) is 0. The Balaban J connectivity index is 2.16. The van der Waals surface area contributed by atoms with Gasteiger partial charge in [-0.15, -0.1) is 0 Å². The minimum Gasteiger partial charge on any atom is -0.275 e. The summed E-state index contributed by atoms with van der Waals surface area (Å²) in [5.74, 6) is -0.295. The molecule has 0 spiro atoms. The van der Waals surface area contributed by atoms with Crippen LogP contribution in [0.4, 0.5) is 5.69 Å². The Bertz CT molecular complexity index is 534. The van der Waals surface area contributed by atoms with E-state index in [-0.39, 0.29) is 28.5 Å². The van der Waals surface area contributed by atoms with Gasteiger partial charge in [-0.05, 0) is 24.0 Å². The number of nitro groups is 1. The molecular weight excluding hydrogens is 272 g/mol. The normalized spacial score (nSPS) is 21.0. The standard InChI is InChI=1S/C12H13ClN2O4/c1-14(19-2)12(16)9-6-8(9)7-3-4-10(13)11(5-7)15(17)18/h3-5,8-9H,6H2,1-2H3. The average molecular weight is 285 g/mol. The van der Waals surface area contributed by atoms with Crippen molar-refractivity contribution in [3.63, 3.8) is 0 Å². The Morgan fingerprint density at radius 3 is 2.84 bits per heavy atom. The predicted octanol–water partition coefficient (Wildman–Crippen LogP) is 2.37. The molecule has 0 heterocycles. The molecule has 0 saturated heterocycles. The summed E-state index contributed by atoms with van der Waals surface area (Å²) < 4.78 is 0. The van der Waals surface area contributed by atoms with Crippen molar-refractivity contribution in [3.8, 4) is 0 Å². The van der Waals surface area contributed by atoms with Crippen molar-refractivity contribution in [1.82, 2.24) is 5.06 Å². The first-order chi connectivity index (χ1) is 8.95. The van der Waals surface area contributed by atoms with Crippen LogP contribution in [0.1, 0.15) is 17.9 Å². The fourth-order valence-electron chi connectivity index (χ4n) is 2.06. The lowest BCUT2D eigenvalue weighted by Gasteiger charge is -2.13. The van der Waals surface area contributed by atoms with Crippen LogP contribution in [-0.2, 0) is 9.63 Å². The number of halogens is 1. The van der Waals surface area contributed by atoms with Crippen molar-refractivity contribution in [2.24, 2.45) is 5.92 Å². The van der Waals surface area contributed by atoms with Crippen LogP contribution in [0.25, 0.3) is 0 Å². The van der Waals surface area contributed by atoms with Gasteiger partial charge in [0.1, 0.15) is 5.02 Å². The van der Waals surface area contributed by atoms with Crippen molar-refractivity contribution in [3.05, 3.63) is 38.9 Å². The van der Waals surface area contributed by atoms with E-state index in [1.54, 1.807) is 13.1 Å². The lowest BCUT2D eigenvalue weighted by atomic mass is 10.1. The Labute approximate surface area is 115 Å². The van der Waals surface area contributed by atoms with Crippen LogP contribution < -0.4 is 0 Å². The van der Waals surface area contributed by atoms with Gasteiger partial charge in [0.05, 0.1) is 12.0 Å². The van der Waals surface area contributed by atoms with E-state index in [4.69, 9.17) is 16.4 Å². The monoisotopic (exact) mass is 284 g/mol. The summed E-state index contributed by atoms with van der Waals surface area (Å²) in [6.07, 6.45) is 0.672. The quantitative estimate of drug-likeness (QED) is 0.628. The summed E-state index contributed by atoms with van der Waals surface area (Å²) in [4.78, 5) is 27.0. The Morgan fingerprint density at radius 2 is 2.26 bits per heavy atom. The lowest BCUT2D eigenvalue weighted by Crippen LogP contribution is -2.27. The third kappa shape index (κ3) is 2.69. The van der Waals surface area contributed by atoms with Gasteiger partial charge in [-0.2, -0.15) is 0 Å². The van der Waals surface area contributed by atoms with Crippen molar-refractivity contribution >= 4 is 23.2 Å². The van der Waals surface area contributed by atoms with Gasteiger partial charge in [0, 0.05) is 19.0 Å². The third-order valence-electron chi connectivity index (χ3n) is 3.29. The molecule has 1 aliphatic carbocycles. The van der Waals surface area contributed by atoms with Gasteiger partial charge < -0.3 is 0 Å². The van der Waals surface area contributed by atoms with E-state index in [2.05, 4.69) is 0 Å². The highest BCUT2D eigenvalue weighted by Crippen LogP contribution is 2.49. The number of hydrogen-bond acceptors (Lipinski definition) is 4. The second-order valence-electron chi connectivity index (χ2n) is 4.43. The molecule has 0 aromatic heterocycles. The fraction of sp³-hybridized carbons (Fsp3) is 0.417. The first-order valence-corrected chi connectivity index (χ1v) is 6.09. The zero-order chi connectivity index (χ0) is 14.2. The molecule has 2 rings (SSSR count). The Morgan fingerprint density at radius 1 is 1.58 bits per heavy atom. The molecule has 1 aliphatic rings. The molecule has 0 aliphatic heterocycles. The van der Waals surface area contributed by atoms with Crippen LogP contribution in [0.5, 0.6) is 0 Å². The van der Waals surface area contributed by atoms with E-state index in [9.17, 15) is 14.9 Å². The topological polar surface area (TPSA) is 72.7 Å². The fourth-order valence-corrected chi connectivity index (χ4v) is 2.25. The summed E-state index contributed by atoms with van der Waals surface area (Å²) in [6.45, 7) is 0. The van der Waals surface area contributed by atoms with Crippen LogP contribution in [0, 0.1) is 16.0 Å². The van der Waals surface area contributed by atoms with Crippen molar-refractivity contribution in [1.29, 1.82) is 0 Å². The molecule has 0 radical (unpaired) electrons. The molecule has 2 atom stereocenters. The number of carbonyl (C=O) groups excluding carboxylic acids is 1. The van der Waals surface area contributed by atoms with Crippen LogP contribution in [0.2, 0.25) is 5.02 Å². The largest absolute Gasteiger partial charge is 0.288 e. The summed E-state index contributed by atoms with van der Waals surface area (Å²) >= 11 is 5.75. The second kappa shape index (κ2) is 5.14. The number of nitro benzene ring substituents is 1. The molecule has 1 amide bonds. The second-order valence-corrected chi connectivity index (χ2v) is 4.84. The molecule has 1 saturated carbocycles. The Hall–Kier alpha value is -1.66. The SMILES string of the molecule is CON(C)C(=O)C1CC1c1ccc(Cl)c([N+](=O)[O-])c1. The molecule has 1 aromatic carbocycles. The highest BCUT2D eigenvalue weighted by Gasteiger charge is 2.46. The lowest BCUT2D eigenvalue weighted by molar-refractivity contribution is -0.384. The highest BCUT2D eigenvalue weighted by molar-refractivity contribution is 6.32. The maximum atomic E-state index is 11.8. The molecule has 6 nitrogen and oxygen atoms in total. The molecule has 102 valence electrons. The molecule has 1 aromatic rings. The molecule has 2 unspecified atom stereocenters. The first-order valence-electron chi connectivity index (χ1n) is 5.71. The van der Waals surface area contributed by atoms with E-state index in [0.29, 0.717) is 6.42 Å². The number of rotatable bonds is 4. The van der Waals surface area contributed by atoms with Crippen LogP contribution in [0.15, 0.2) is 18.2 Å². The number of benzene rings is 1. The Kier molecular flexibility index (Phi) is 3.73. The first kappa shape index (κ1) is 13.8. The average Bonchev–Trinajstić information content (AvgIpc) is 3.17. The van der Waals surface area contributed by atoms with Crippen LogP contribution in [0.3, 0.4) is 0 Å². The third-order valence-corrected chi connectivity index (χ3v) is 3.61. The molecule has 0 bridgehead atoms. The molecule has 1 fully saturated rings. The zero-order valence-corrected chi connectivity index (χ0v) is 11.3. The molecule has 0 N–H and O–H groups in total. The van der Waals surface area contributed by atoms with Gasteiger partial charge >= 0.3 is 0 Å². The number of carbonyl (C=O) groups is 1. The van der Waals surface area contributed by atoms with E-state index in [1.165, 1.54) is 24.3 Å². The van der Waals surface area contributed by atoms with Gasteiger partial charge in [0.25, 0.3) is 5.69 Å². The van der Waals surface area contributed by atoms with Crippen LogP contribution in [-0.4, -0.2) is 30.1 Å². The molecule has 19 heavy (non-hydrogen) atoms. The summed E-state index contributed by atoms with van der Waals surface area (Å²) in [5, 5.41) is 12.1. The summed E-state index contributed by atoms with van der Waals surface area (Å²) in [7, 11) is 2.96. The summed E-state index contributed by atoms with van der Waals surface area (Å²) in [6, 6.07) is 4.65. The maximum absolute atomic E-state index is 11.8. The van der Waals surface area contributed by atoms with E-state index in [0.717, 1.165) is 5.56 Å². The van der Waals surface area contributed by atoms with Gasteiger partial charge in [0.15, 0.2) is 0 Å². The van der Waals surface area contributed by atoms with E-state index >= 15 is 0 Å². The summed E-state index contributed by atoms with van der Waals surface area (Å²) in [5.41, 5.74) is 0.635. The zero-order valence-electron chi connectivity index (χ0n) is 10.5. The predicted molar refractivity (Wildman–Crippen MR) is 68.7 cm³/mol. The van der Waals surface area contributed by atoms with Crippen molar-refractivity contribution in [2.45, 2.75) is 12.3 Å². The highest BCUT2D eigenvalue weighted by atomic mass is 35.5. The van der Waals surface area contributed by atoms with Crippen LogP contribution >= 0.6 is 11.6 Å². The number of nitrogens with zero attached hydrogens (tertiary/aromatic N) is 2. The van der Waals surface area contributed by atoms with E-state index in [1.807, 2.05) is 0 Å². The number of amides is 1. The molecular formula is C12H13ClN2O4. The molecule has 7 heteroatoms. The van der Waals surface area contributed by atoms with Crippen molar-refractivity contribution < 1.29 is 14.6 Å². The van der Waals surface area contributed by atoms with Gasteiger partial charge in [0.2, 0.25) is 5.91 Å². The van der Waals surface area contributed by atoms with E-state index < -0.39 is 4.92 Å². The van der Waals surface area contributed by atoms with Gasteiger partial charge in [-0.25, -0.2) is 5.06 Å². The van der Waals surface area contributed by atoms with Gasteiger partial charge in [-0.1, -0.05) is 17.7 Å². The smallest absolute Gasteiger partial charge is 0.275 e. The van der Waals surface area contributed by atoms with Crippen molar-refractivity contribution in [2.75, 3.05) is 14.2 Å². The minimum atomic E-state index is -0.522. The minimum absolute atomic E-state index is 0.000988. The number of hydroxylamine groups is 2.